The van der Waals surface area contributed by atoms with E-state index in [-0.39, 0.29) is 42.7 Å². The molecular weight excluding hydrogens is 610 g/mol. The minimum absolute atomic E-state index is 0.00912. The Labute approximate surface area is 284 Å². The third kappa shape index (κ3) is 5.89. The molecule has 1 N–H and O–H groups in total. The van der Waals surface area contributed by atoms with Crippen molar-refractivity contribution in [2.75, 3.05) is 20.2 Å². The molecule has 10 heteroatoms. The first-order valence-electron chi connectivity index (χ1n) is 17.9. The number of cyclic esters (lactones) is 1. The molecule has 1 aromatic rings. The lowest BCUT2D eigenvalue weighted by molar-refractivity contribution is -0.164. The van der Waals surface area contributed by atoms with Crippen LogP contribution in [0.3, 0.4) is 0 Å². The molecule has 3 amide bonds. The van der Waals surface area contributed by atoms with E-state index in [0.717, 1.165) is 37.7 Å². The fourth-order valence-electron chi connectivity index (χ4n) is 8.71. The monoisotopic (exact) mass is 661 g/mol. The summed E-state index contributed by atoms with van der Waals surface area (Å²) in [7, 11) is 1.73. The number of allylic oxidation sites excluding steroid dienone is 1. The number of carbonyl (C=O) groups is 4. The van der Waals surface area contributed by atoms with Crippen molar-refractivity contribution in [3.05, 3.63) is 60.2 Å². The quantitative estimate of drug-likeness (QED) is 0.359. The number of ether oxygens (including phenoxy) is 2. The summed E-state index contributed by atoms with van der Waals surface area (Å²) in [5.41, 5.74) is -0.632. The molecular formula is C38H51N3O7. The van der Waals surface area contributed by atoms with Crippen LogP contribution >= 0.6 is 0 Å². The van der Waals surface area contributed by atoms with Crippen LogP contribution in [0.5, 0.6) is 0 Å². The fourth-order valence-corrected chi connectivity index (χ4v) is 8.71. The summed E-state index contributed by atoms with van der Waals surface area (Å²) < 4.78 is 13.0. The maximum atomic E-state index is 15.1. The van der Waals surface area contributed by atoms with Gasteiger partial charge in [0.1, 0.15) is 23.7 Å². The van der Waals surface area contributed by atoms with Crippen LogP contribution in [-0.4, -0.2) is 99.6 Å². The average molecular weight is 662 g/mol. The Bertz CT molecular complexity index is 1420. The van der Waals surface area contributed by atoms with Crippen molar-refractivity contribution in [1.29, 1.82) is 0 Å². The number of fused-ring (bicyclic) bond motifs is 2. The Balaban J connectivity index is 1.47. The molecule has 4 heterocycles. The minimum atomic E-state index is -1.37. The summed E-state index contributed by atoms with van der Waals surface area (Å²) in [4.78, 5) is 62.8. The number of amides is 3. The van der Waals surface area contributed by atoms with Gasteiger partial charge in [-0.05, 0) is 37.7 Å². The molecule has 5 bridgehead atoms. The van der Waals surface area contributed by atoms with Crippen LogP contribution in [0.15, 0.2) is 54.6 Å². The number of benzene rings is 1. The van der Waals surface area contributed by atoms with Crippen molar-refractivity contribution >= 4 is 23.7 Å². The number of rotatable bonds is 6. The Morgan fingerprint density at radius 1 is 1.02 bits per heavy atom. The number of carbonyl (C=O) groups excluding carboxylic acids is 4. The van der Waals surface area contributed by atoms with E-state index in [1.807, 2.05) is 74.2 Å². The second kappa shape index (κ2) is 14.2. The molecule has 0 radical (unpaired) electrons. The SMILES string of the molecule is CC[C@H](C)[C@H](CO)N1C(=O)[C@@H]2[C@H]3C(=O)O[C@@H](c4ccccc4)[C@H](C)N(C)C(=O)CC/C=C\CN(C4CCCCC4)C(=O)[C@@H]1[C@]21C=C[C@H]3O1. The molecule has 1 aromatic carbocycles. The first-order valence-corrected chi connectivity index (χ1v) is 17.9. The van der Waals surface area contributed by atoms with Crippen LogP contribution in [0.4, 0.5) is 0 Å². The van der Waals surface area contributed by atoms with Gasteiger partial charge in [-0.15, -0.1) is 0 Å². The Kier molecular flexibility index (Phi) is 10.1. The number of nitrogens with zero attached hydrogens (tertiary/aromatic N) is 3. The highest BCUT2D eigenvalue weighted by Crippen LogP contribution is 2.57. The van der Waals surface area contributed by atoms with E-state index in [2.05, 4.69) is 0 Å². The molecule has 6 rings (SSSR count). The van der Waals surface area contributed by atoms with Gasteiger partial charge in [-0.3, -0.25) is 19.2 Å². The molecule has 1 aliphatic carbocycles. The average Bonchev–Trinajstić information content (AvgIpc) is 3.75. The van der Waals surface area contributed by atoms with E-state index in [4.69, 9.17) is 9.47 Å². The largest absolute Gasteiger partial charge is 0.455 e. The van der Waals surface area contributed by atoms with Crippen LogP contribution in [0, 0.1) is 17.8 Å². The standard InChI is InChI=1S/C38H51N3O7/c1-5-24(2)28(23-42)41-34-36(45)40(27-17-11-7-12-18-27)22-14-8-13-19-30(43)39(4)25(3)33(26-15-9-6-10-16-26)47-37(46)31-29-20-21-38(34,48-29)32(31)35(41)44/h6,8-10,14-16,20-21,24-25,27-29,31-34,42H,5,7,11-13,17-19,22-23H2,1-4H3/b14-8-/t24-,25-,28-,29+,31-,32-,33+,34+,38-/m0/s1. The lowest BCUT2D eigenvalue weighted by Gasteiger charge is -2.43. The van der Waals surface area contributed by atoms with Crippen LogP contribution < -0.4 is 0 Å². The number of hydrogen-bond acceptors (Lipinski definition) is 7. The highest BCUT2D eigenvalue weighted by atomic mass is 16.6. The number of likely N-dealkylation sites (tertiary alicyclic amines) is 1. The summed E-state index contributed by atoms with van der Waals surface area (Å²) >= 11 is 0. The van der Waals surface area contributed by atoms with Crippen molar-refractivity contribution in [1.82, 2.24) is 14.7 Å². The lowest BCUT2D eigenvalue weighted by Crippen LogP contribution is -2.61. The summed E-state index contributed by atoms with van der Waals surface area (Å²) in [6, 6.07) is 7.16. The van der Waals surface area contributed by atoms with Gasteiger partial charge in [0.25, 0.3) is 0 Å². The number of aliphatic hydroxyl groups excluding tert-OH is 1. The second-order valence-electron chi connectivity index (χ2n) is 14.4. The number of hydrogen-bond donors (Lipinski definition) is 1. The molecule has 1 spiro atoms. The normalized spacial score (nSPS) is 35.1. The zero-order chi connectivity index (χ0) is 34.2. The van der Waals surface area contributed by atoms with E-state index in [1.54, 1.807) is 22.9 Å². The van der Waals surface area contributed by atoms with E-state index >= 15 is 4.79 Å². The lowest BCUT2D eigenvalue weighted by atomic mass is 9.74. The van der Waals surface area contributed by atoms with Crippen molar-refractivity contribution < 1.29 is 33.8 Å². The number of likely N-dealkylation sites (N-methyl/N-ethyl adjacent to an activating group) is 1. The van der Waals surface area contributed by atoms with Gasteiger partial charge >= 0.3 is 5.97 Å². The summed E-state index contributed by atoms with van der Waals surface area (Å²) in [5, 5.41) is 10.7. The first-order chi connectivity index (χ1) is 23.1. The van der Waals surface area contributed by atoms with Gasteiger partial charge in [-0.1, -0.05) is 94.2 Å². The number of aliphatic hydroxyl groups is 1. The highest BCUT2D eigenvalue weighted by Gasteiger charge is 2.74. The molecule has 48 heavy (non-hydrogen) atoms. The molecule has 5 aliphatic rings. The third-order valence-corrected chi connectivity index (χ3v) is 11.8. The molecule has 10 nitrogen and oxygen atoms in total. The predicted molar refractivity (Wildman–Crippen MR) is 179 cm³/mol. The van der Waals surface area contributed by atoms with Gasteiger partial charge in [0.2, 0.25) is 17.7 Å². The third-order valence-electron chi connectivity index (χ3n) is 11.8. The molecule has 0 aromatic heterocycles. The zero-order valence-corrected chi connectivity index (χ0v) is 28.7. The summed E-state index contributed by atoms with van der Waals surface area (Å²) in [5.74, 6) is -3.34. The first kappa shape index (κ1) is 34.4. The van der Waals surface area contributed by atoms with Crippen LogP contribution in [0.25, 0.3) is 0 Å². The van der Waals surface area contributed by atoms with Crippen LogP contribution in [0.2, 0.25) is 0 Å². The van der Waals surface area contributed by atoms with Crippen molar-refractivity contribution in [2.45, 2.75) is 114 Å². The van der Waals surface area contributed by atoms with Crippen molar-refractivity contribution in [3.8, 4) is 0 Å². The molecule has 4 aliphatic heterocycles. The minimum Gasteiger partial charge on any atom is -0.455 e. The Hall–Kier alpha value is -3.50. The molecule has 0 unspecified atom stereocenters. The van der Waals surface area contributed by atoms with Crippen LogP contribution in [-0.2, 0) is 28.7 Å². The smallest absolute Gasteiger partial charge is 0.313 e. The summed E-state index contributed by atoms with van der Waals surface area (Å²) in [6.07, 6.45) is 12.3. The van der Waals surface area contributed by atoms with Gasteiger partial charge in [0.15, 0.2) is 0 Å². The van der Waals surface area contributed by atoms with Crippen molar-refractivity contribution in [2.24, 2.45) is 17.8 Å². The van der Waals surface area contributed by atoms with E-state index in [9.17, 15) is 19.5 Å². The van der Waals surface area contributed by atoms with Crippen LogP contribution in [0.1, 0.15) is 83.8 Å². The van der Waals surface area contributed by atoms with E-state index in [1.165, 1.54) is 0 Å². The molecule has 1 saturated carbocycles. The van der Waals surface area contributed by atoms with E-state index in [0.29, 0.717) is 19.4 Å². The predicted octanol–water partition coefficient (Wildman–Crippen LogP) is 4.19. The Morgan fingerprint density at radius 3 is 2.44 bits per heavy atom. The maximum absolute atomic E-state index is 15.1. The van der Waals surface area contributed by atoms with E-state index < -0.39 is 53.7 Å². The zero-order valence-electron chi connectivity index (χ0n) is 28.7. The Morgan fingerprint density at radius 2 is 1.75 bits per heavy atom. The van der Waals surface area contributed by atoms with Gasteiger partial charge in [0.05, 0.1) is 30.7 Å². The summed E-state index contributed by atoms with van der Waals surface area (Å²) in [6.45, 7) is 5.87. The maximum Gasteiger partial charge on any atom is 0.313 e. The second-order valence-corrected chi connectivity index (χ2v) is 14.4. The number of esters is 1. The van der Waals surface area contributed by atoms with Gasteiger partial charge in [-0.2, -0.15) is 0 Å². The topological polar surface area (TPSA) is 117 Å². The molecule has 260 valence electrons. The van der Waals surface area contributed by atoms with Gasteiger partial charge in [0, 0.05) is 26.1 Å². The molecule has 9 atom stereocenters. The van der Waals surface area contributed by atoms with Gasteiger partial charge in [-0.25, -0.2) is 0 Å². The van der Waals surface area contributed by atoms with Crippen molar-refractivity contribution in [3.63, 3.8) is 0 Å². The fraction of sp³-hybridized carbons (Fsp3) is 0.632. The molecule has 2 saturated heterocycles. The highest BCUT2D eigenvalue weighted by molar-refractivity contribution is 5.99. The molecule has 3 fully saturated rings. The van der Waals surface area contributed by atoms with Gasteiger partial charge < -0.3 is 29.3 Å².